The van der Waals surface area contributed by atoms with Gasteiger partial charge < -0.3 is 19.4 Å². The van der Waals surface area contributed by atoms with Crippen LogP contribution in [0.2, 0.25) is 0 Å². The summed E-state index contributed by atoms with van der Waals surface area (Å²) in [6.07, 6.45) is 2.21. The van der Waals surface area contributed by atoms with Crippen LogP contribution in [0.4, 0.5) is 4.79 Å². The van der Waals surface area contributed by atoms with Gasteiger partial charge in [-0.25, -0.2) is 4.79 Å². The van der Waals surface area contributed by atoms with E-state index in [-0.39, 0.29) is 6.09 Å². The molecule has 0 N–H and O–H groups in total. The molecule has 0 aromatic carbocycles. The molecule has 2 fully saturated rings. The summed E-state index contributed by atoms with van der Waals surface area (Å²) in [6, 6.07) is 0. The van der Waals surface area contributed by atoms with Crippen molar-refractivity contribution in [1.82, 2.24) is 14.7 Å². The topological polar surface area (TPSA) is 36.0 Å². The van der Waals surface area contributed by atoms with Gasteiger partial charge in [-0.3, -0.25) is 0 Å². The normalized spacial score (nSPS) is 25.3. The molecule has 128 valence electrons. The number of hydrogen-bond acceptors (Lipinski definition) is 4. The number of likely N-dealkylation sites (tertiary alicyclic amines) is 1. The Bertz CT molecular complexity index is 367. The van der Waals surface area contributed by atoms with Gasteiger partial charge in [-0.15, -0.1) is 0 Å². The van der Waals surface area contributed by atoms with Crippen LogP contribution in [-0.2, 0) is 4.74 Å². The second-order valence-corrected chi connectivity index (χ2v) is 7.67. The first-order chi connectivity index (χ1) is 10.4. The minimum atomic E-state index is -0.399. The maximum absolute atomic E-state index is 12.1. The zero-order valence-corrected chi connectivity index (χ0v) is 14.8. The molecule has 0 aromatic heterocycles. The van der Waals surface area contributed by atoms with Gasteiger partial charge in [0.2, 0.25) is 0 Å². The van der Waals surface area contributed by atoms with Crippen molar-refractivity contribution < 1.29 is 9.53 Å². The summed E-state index contributed by atoms with van der Waals surface area (Å²) in [5, 5.41) is 0. The number of rotatable bonds is 3. The number of amides is 1. The summed E-state index contributed by atoms with van der Waals surface area (Å²) >= 11 is 0. The van der Waals surface area contributed by atoms with E-state index in [1.165, 1.54) is 26.1 Å². The molecule has 1 amide bonds. The van der Waals surface area contributed by atoms with Crippen molar-refractivity contribution in [3.05, 3.63) is 0 Å². The monoisotopic (exact) mass is 311 g/mol. The fourth-order valence-corrected chi connectivity index (χ4v) is 3.36. The van der Waals surface area contributed by atoms with E-state index >= 15 is 0 Å². The van der Waals surface area contributed by atoms with E-state index in [2.05, 4.69) is 16.7 Å². The Morgan fingerprint density at radius 2 is 1.77 bits per heavy atom. The third kappa shape index (κ3) is 5.43. The first-order valence-electron chi connectivity index (χ1n) is 8.80. The second-order valence-electron chi connectivity index (χ2n) is 7.67. The first-order valence-corrected chi connectivity index (χ1v) is 8.80. The van der Waals surface area contributed by atoms with Crippen LogP contribution < -0.4 is 0 Å². The number of carbonyl (C=O) groups excluding carboxylic acids is 1. The van der Waals surface area contributed by atoms with Crippen molar-refractivity contribution in [3.63, 3.8) is 0 Å². The SMILES string of the molecule is CCN1CCCN(C[C@@H]2CCN(C(=O)OC(C)(C)C)C2)CC1. The zero-order chi connectivity index (χ0) is 16.2. The van der Waals surface area contributed by atoms with Crippen LogP contribution in [-0.4, -0.2) is 78.8 Å². The Morgan fingerprint density at radius 1 is 1.09 bits per heavy atom. The fourth-order valence-electron chi connectivity index (χ4n) is 3.36. The van der Waals surface area contributed by atoms with Gasteiger partial charge >= 0.3 is 6.09 Å². The van der Waals surface area contributed by atoms with Crippen molar-refractivity contribution in [2.75, 3.05) is 52.4 Å². The van der Waals surface area contributed by atoms with Crippen LogP contribution >= 0.6 is 0 Å². The molecular formula is C17H33N3O2. The van der Waals surface area contributed by atoms with E-state index in [1.807, 2.05) is 25.7 Å². The molecule has 2 heterocycles. The predicted octanol–water partition coefficient (Wildman–Crippen LogP) is 2.27. The predicted molar refractivity (Wildman–Crippen MR) is 89.1 cm³/mol. The lowest BCUT2D eigenvalue weighted by Gasteiger charge is -2.26. The van der Waals surface area contributed by atoms with Crippen LogP contribution in [0.25, 0.3) is 0 Å². The van der Waals surface area contributed by atoms with E-state index in [4.69, 9.17) is 4.74 Å². The summed E-state index contributed by atoms with van der Waals surface area (Å²) in [5.41, 5.74) is -0.399. The maximum Gasteiger partial charge on any atom is 0.410 e. The molecule has 0 saturated carbocycles. The largest absolute Gasteiger partial charge is 0.444 e. The number of nitrogens with zero attached hydrogens (tertiary/aromatic N) is 3. The smallest absolute Gasteiger partial charge is 0.410 e. The molecule has 2 saturated heterocycles. The van der Waals surface area contributed by atoms with Gasteiger partial charge in [-0.2, -0.15) is 0 Å². The molecule has 0 aliphatic carbocycles. The van der Waals surface area contributed by atoms with Crippen molar-refractivity contribution >= 4 is 6.09 Å². The lowest BCUT2D eigenvalue weighted by Crippen LogP contribution is -2.37. The molecule has 2 aliphatic rings. The molecular weight excluding hydrogens is 278 g/mol. The van der Waals surface area contributed by atoms with Crippen LogP contribution in [0.1, 0.15) is 40.5 Å². The Balaban J connectivity index is 1.75. The number of carbonyl (C=O) groups is 1. The minimum Gasteiger partial charge on any atom is -0.444 e. The highest BCUT2D eigenvalue weighted by Crippen LogP contribution is 2.21. The molecule has 1 atom stereocenters. The highest BCUT2D eigenvalue weighted by molar-refractivity contribution is 5.68. The van der Waals surface area contributed by atoms with E-state index in [0.29, 0.717) is 5.92 Å². The summed E-state index contributed by atoms with van der Waals surface area (Å²) in [6.45, 7) is 16.7. The molecule has 2 aliphatic heterocycles. The van der Waals surface area contributed by atoms with Gasteiger partial charge in [0.05, 0.1) is 0 Å². The van der Waals surface area contributed by atoms with Crippen LogP contribution in [0.3, 0.4) is 0 Å². The average molecular weight is 311 g/mol. The van der Waals surface area contributed by atoms with Gasteiger partial charge in [0.15, 0.2) is 0 Å². The minimum absolute atomic E-state index is 0.150. The Hall–Kier alpha value is -0.810. The summed E-state index contributed by atoms with van der Waals surface area (Å²) in [4.78, 5) is 19.1. The number of likely N-dealkylation sites (N-methyl/N-ethyl adjacent to an activating group) is 1. The van der Waals surface area contributed by atoms with E-state index in [0.717, 1.165) is 39.1 Å². The fraction of sp³-hybridized carbons (Fsp3) is 0.941. The molecule has 5 nitrogen and oxygen atoms in total. The van der Waals surface area contributed by atoms with E-state index < -0.39 is 5.60 Å². The molecule has 2 rings (SSSR count). The van der Waals surface area contributed by atoms with Crippen LogP contribution in [0, 0.1) is 5.92 Å². The van der Waals surface area contributed by atoms with E-state index in [9.17, 15) is 4.79 Å². The molecule has 0 spiro atoms. The lowest BCUT2D eigenvalue weighted by atomic mass is 10.1. The second kappa shape index (κ2) is 7.64. The molecule has 22 heavy (non-hydrogen) atoms. The van der Waals surface area contributed by atoms with Crippen molar-refractivity contribution in [3.8, 4) is 0 Å². The van der Waals surface area contributed by atoms with Gasteiger partial charge in [0.1, 0.15) is 5.60 Å². The number of ether oxygens (including phenoxy) is 1. The highest BCUT2D eigenvalue weighted by Gasteiger charge is 2.30. The van der Waals surface area contributed by atoms with Crippen molar-refractivity contribution in [2.45, 2.75) is 46.1 Å². The van der Waals surface area contributed by atoms with Gasteiger partial charge in [0.25, 0.3) is 0 Å². The van der Waals surface area contributed by atoms with Gasteiger partial charge in [0, 0.05) is 32.7 Å². The van der Waals surface area contributed by atoms with Gasteiger partial charge in [-0.05, 0) is 59.2 Å². The summed E-state index contributed by atoms with van der Waals surface area (Å²) < 4.78 is 5.48. The third-order valence-electron chi connectivity index (χ3n) is 4.58. The molecule has 0 aromatic rings. The third-order valence-corrected chi connectivity index (χ3v) is 4.58. The Labute approximate surface area is 135 Å². The summed E-state index contributed by atoms with van der Waals surface area (Å²) in [5.74, 6) is 0.598. The number of hydrogen-bond donors (Lipinski definition) is 0. The average Bonchev–Trinajstić information content (AvgIpc) is 2.77. The zero-order valence-electron chi connectivity index (χ0n) is 14.8. The lowest BCUT2D eigenvalue weighted by molar-refractivity contribution is 0.0285. The summed E-state index contributed by atoms with van der Waals surface area (Å²) in [7, 11) is 0. The molecule has 0 unspecified atom stereocenters. The van der Waals surface area contributed by atoms with Crippen LogP contribution in [0.5, 0.6) is 0 Å². The standard InChI is InChI=1S/C17H33N3O2/c1-5-18-8-6-9-19(12-11-18)13-15-7-10-20(14-15)16(21)22-17(2,3)4/h15H,5-14H2,1-4H3/t15-/m0/s1. The Morgan fingerprint density at radius 3 is 2.45 bits per heavy atom. The van der Waals surface area contributed by atoms with Gasteiger partial charge in [-0.1, -0.05) is 6.92 Å². The molecule has 5 heteroatoms. The molecule has 0 radical (unpaired) electrons. The quantitative estimate of drug-likeness (QED) is 0.801. The van der Waals surface area contributed by atoms with Crippen molar-refractivity contribution in [1.29, 1.82) is 0 Å². The molecule has 0 bridgehead atoms. The first kappa shape index (κ1) is 17.5. The maximum atomic E-state index is 12.1. The Kier molecular flexibility index (Phi) is 6.09. The highest BCUT2D eigenvalue weighted by atomic mass is 16.6. The van der Waals surface area contributed by atoms with Crippen LogP contribution in [0.15, 0.2) is 0 Å². The van der Waals surface area contributed by atoms with E-state index in [1.54, 1.807) is 0 Å². The van der Waals surface area contributed by atoms with Crippen molar-refractivity contribution in [2.24, 2.45) is 5.92 Å².